The molecule has 2 heterocycles. The van der Waals surface area contributed by atoms with E-state index in [4.69, 9.17) is 0 Å². The van der Waals surface area contributed by atoms with Crippen LogP contribution in [0.1, 0.15) is 30.4 Å². The number of hydrogen-bond acceptors (Lipinski definition) is 5. The number of nitrogens with zero attached hydrogens (tertiary/aromatic N) is 2. The number of benzene rings is 1. The van der Waals surface area contributed by atoms with Crippen LogP contribution in [0, 0.1) is 11.8 Å². The lowest BCUT2D eigenvalue weighted by Crippen LogP contribution is -2.38. The maximum atomic E-state index is 12.5. The second kappa shape index (κ2) is 7.22. The molecule has 0 saturated carbocycles. The van der Waals surface area contributed by atoms with Gasteiger partial charge in [0.15, 0.2) is 5.13 Å². The highest BCUT2D eigenvalue weighted by Gasteiger charge is 2.47. The lowest BCUT2D eigenvalue weighted by atomic mass is 9.85. The van der Waals surface area contributed by atoms with Crippen LogP contribution in [-0.4, -0.2) is 34.2 Å². The number of thiazole rings is 1. The first-order valence-electron chi connectivity index (χ1n) is 9.98. The van der Waals surface area contributed by atoms with Gasteiger partial charge in [0.1, 0.15) is 6.54 Å². The van der Waals surface area contributed by atoms with E-state index in [-0.39, 0.29) is 30.2 Å². The van der Waals surface area contributed by atoms with Gasteiger partial charge in [0.05, 0.1) is 17.5 Å². The van der Waals surface area contributed by atoms with E-state index in [1.165, 1.54) is 28.9 Å². The highest BCUT2D eigenvalue weighted by atomic mass is 32.1. The quantitative estimate of drug-likeness (QED) is 0.624. The second-order valence-electron chi connectivity index (χ2n) is 7.84. The Labute approximate surface area is 172 Å². The molecule has 0 radical (unpaired) electrons. The Morgan fingerprint density at radius 1 is 1.10 bits per heavy atom. The van der Waals surface area contributed by atoms with E-state index in [9.17, 15) is 14.4 Å². The van der Waals surface area contributed by atoms with Crippen molar-refractivity contribution in [3.05, 3.63) is 46.9 Å². The van der Waals surface area contributed by atoms with E-state index < -0.39 is 5.91 Å². The summed E-state index contributed by atoms with van der Waals surface area (Å²) >= 11 is 1.34. The number of nitrogens with one attached hydrogen (secondary N) is 1. The van der Waals surface area contributed by atoms with Crippen molar-refractivity contribution in [1.29, 1.82) is 0 Å². The summed E-state index contributed by atoms with van der Waals surface area (Å²) in [6.45, 7) is -0.252. The number of carbonyl (C=O) groups is 3. The van der Waals surface area contributed by atoms with Crippen molar-refractivity contribution in [2.45, 2.75) is 32.1 Å². The molecule has 2 unspecified atom stereocenters. The molecular formula is C22H21N3O3S. The van der Waals surface area contributed by atoms with Gasteiger partial charge < -0.3 is 5.32 Å². The molecule has 1 fully saturated rings. The number of aromatic nitrogens is 1. The summed E-state index contributed by atoms with van der Waals surface area (Å²) in [7, 11) is 0. The summed E-state index contributed by atoms with van der Waals surface area (Å²) in [6, 6.07) is 6.41. The summed E-state index contributed by atoms with van der Waals surface area (Å²) in [5.74, 6) is -1.50. The van der Waals surface area contributed by atoms with Crippen molar-refractivity contribution in [3.8, 4) is 11.3 Å². The molecule has 29 heavy (non-hydrogen) atoms. The lowest BCUT2D eigenvalue weighted by Gasteiger charge is -2.14. The molecule has 1 saturated heterocycles. The number of aryl methyl sites for hydroxylation is 2. The largest absolute Gasteiger partial charge is 0.300 e. The number of carbonyl (C=O) groups excluding carboxylic acids is 3. The Bertz CT molecular complexity index is 1020. The predicted octanol–water partition coefficient (Wildman–Crippen LogP) is 3.19. The van der Waals surface area contributed by atoms with Gasteiger partial charge in [-0.2, -0.15) is 0 Å². The average molecular weight is 407 g/mol. The van der Waals surface area contributed by atoms with Crippen LogP contribution >= 0.6 is 11.3 Å². The Kier molecular flexibility index (Phi) is 4.54. The van der Waals surface area contributed by atoms with E-state index in [2.05, 4.69) is 28.5 Å². The summed E-state index contributed by atoms with van der Waals surface area (Å²) < 4.78 is 0. The Morgan fingerprint density at radius 3 is 2.59 bits per heavy atom. The molecule has 5 rings (SSSR count). The van der Waals surface area contributed by atoms with Crippen LogP contribution in [-0.2, 0) is 27.2 Å². The number of anilines is 1. The van der Waals surface area contributed by atoms with Crippen molar-refractivity contribution < 1.29 is 14.4 Å². The van der Waals surface area contributed by atoms with E-state index in [1.807, 2.05) is 17.5 Å². The van der Waals surface area contributed by atoms with Crippen LogP contribution in [0.15, 0.2) is 35.7 Å². The van der Waals surface area contributed by atoms with Crippen molar-refractivity contribution in [2.75, 3.05) is 11.9 Å². The topological polar surface area (TPSA) is 79.4 Å². The molecule has 2 atom stereocenters. The summed E-state index contributed by atoms with van der Waals surface area (Å²) in [5, 5.41) is 5.13. The molecule has 1 aromatic carbocycles. The molecule has 2 aliphatic carbocycles. The highest BCUT2D eigenvalue weighted by Crippen LogP contribution is 2.35. The Hall–Kier alpha value is -2.80. The van der Waals surface area contributed by atoms with Gasteiger partial charge >= 0.3 is 0 Å². The molecule has 0 bridgehead atoms. The highest BCUT2D eigenvalue weighted by molar-refractivity contribution is 7.14. The minimum Gasteiger partial charge on any atom is -0.300 e. The van der Waals surface area contributed by atoms with E-state index in [1.54, 1.807) is 0 Å². The zero-order valence-electron chi connectivity index (χ0n) is 15.9. The fourth-order valence-electron chi connectivity index (χ4n) is 4.52. The zero-order valence-corrected chi connectivity index (χ0v) is 16.7. The van der Waals surface area contributed by atoms with Crippen LogP contribution in [0.5, 0.6) is 0 Å². The van der Waals surface area contributed by atoms with Gasteiger partial charge in [0.2, 0.25) is 17.7 Å². The first-order chi connectivity index (χ1) is 14.1. The molecule has 3 aliphatic rings. The van der Waals surface area contributed by atoms with Gasteiger partial charge in [0, 0.05) is 10.9 Å². The van der Waals surface area contributed by atoms with E-state index in [0.717, 1.165) is 29.0 Å². The third kappa shape index (κ3) is 3.29. The van der Waals surface area contributed by atoms with Gasteiger partial charge in [-0.25, -0.2) is 4.98 Å². The molecular weight excluding hydrogens is 386 g/mol. The number of hydrogen-bond donors (Lipinski definition) is 1. The zero-order chi connectivity index (χ0) is 20.0. The van der Waals surface area contributed by atoms with Crippen LogP contribution in [0.25, 0.3) is 11.3 Å². The molecule has 7 heteroatoms. The van der Waals surface area contributed by atoms with Gasteiger partial charge in [-0.1, -0.05) is 24.3 Å². The second-order valence-corrected chi connectivity index (χ2v) is 8.70. The average Bonchev–Trinajstić information content (AvgIpc) is 3.44. The van der Waals surface area contributed by atoms with Crippen LogP contribution in [0.3, 0.4) is 0 Å². The first kappa shape index (κ1) is 18.2. The molecule has 3 amide bonds. The third-order valence-electron chi connectivity index (χ3n) is 6.05. The van der Waals surface area contributed by atoms with Crippen molar-refractivity contribution in [3.63, 3.8) is 0 Å². The maximum Gasteiger partial charge on any atom is 0.246 e. The molecule has 0 spiro atoms. The summed E-state index contributed by atoms with van der Waals surface area (Å²) in [5.41, 5.74) is 4.66. The predicted molar refractivity (Wildman–Crippen MR) is 110 cm³/mol. The number of imide groups is 1. The summed E-state index contributed by atoms with van der Waals surface area (Å²) in [6.07, 6.45) is 8.46. The number of amides is 3. The standard InChI is InChI=1S/C22H21N3O3S/c26-19(11-25-20(27)16-6-1-2-7-17(16)21(25)28)24-22-23-18(12-29-22)15-9-8-13-4-3-5-14(13)10-15/h1-2,8-10,12,16-17H,3-7,11H2,(H,23,24,26). The molecule has 148 valence electrons. The van der Waals surface area contributed by atoms with Crippen molar-refractivity contribution in [1.82, 2.24) is 9.88 Å². The molecule has 1 aliphatic heterocycles. The van der Waals surface area contributed by atoms with Crippen molar-refractivity contribution >= 4 is 34.2 Å². The Balaban J connectivity index is 1.25. The van der Waals surface area contributed by atoms with Crippen LogP contribution in [0.2, 0.25) is 0 Å². The number of rotatable bonds is 4. The van der Waals surface area contributed by atoms with Gasteiger partial charge in [-0.05, 0) is 49.3 Å². The monoisotopic (exact) mass is 407 g/mol. The molecule has 1 N–H and O–H groups in total. The smallest absolute Gasteiger partial charge is 0.246 e. The third-order valence-corrected chi connectivity index (χ3v) is 6.80. The fraction of sp³-hybridized carbons (Fsp3) is 0.364. The number of fused-ring (bicyclic) bond motifs is 2. The van der Waals surface area contributed by atoms with Crippen LogP contribution < -0.4 is 5.32 Å². The SMILES string of the molecule is O=C(CN1C(=O)C2CC=CCC2C1=O)Nc1nc(-c2ccc3c(c2)CCC3)cs1. The summed E-state index contributed by atoms with van der Waals surface area (Å²) in [4.78, 5) is 43.1. The van der Waals surface area contributed by atoms with Gasteiger partial charge in [-0.3, -0.25) is 19.3 Å². The maximum absolute atomic E-state index is 12.5. The normalized spacial score (nSPS) is 22.7. The Morgan fingerprint density at radius 2 is 1.83 bits per heavy atom. The van der Waals surface area contributed by atoms with E-state index in [0.29, 0.717) is 18.0 Å². The van der Waals surface area contributed by atoms with E-state index >= 15 is 0 Å². The number of allylic oxidation sites excluding steroid dienone is 2. The number of likely N-dealkylation sites (tertiary alicyclic amines) is 1. The van der Waals surface area contributed by atoms with Crippen LogP contribution in [0.4, 0.5) is 5.13 Å². The van der Waals surface area contributed by atoms with Crippen molar-refractivity contribution in [2.24, 2.45) is 11.8 Å². The minimum absolute atomic E-state index is 0.238. The van der Waals surface area contributed by atoms with Gasteiger partial charge in [-0.15, -0.1) is 11.3 Å². The molecule has 2 aromatic rings. The fourth-order valence-corrected chi connectivity index (χ4v) is 5.26. The minimum atomic E-state index is -0.395. The molecule has 6 nitrogen and oxygen atoms in total. The lowest BCUT2D eigenvalue weighted by molar-refractivity contribution is -0.142. The van der Waals surface area contributed by atoms with Gasteiger partial charge in [0.25, 0.3) is 0 Å². The molecule has 1 aromatic heterocycles. The first-order valence-corrected chi connectivity index (χ1v) is 10.9.